The monoisotopic (exact) mass is 284 g/mol. The number of terminal acetylenes is 1. The van der Waals surface area contributed by atoms with Crippen LogP contribution in [0.25, 0.3) is 0 Å². The molecule has 2 rings (SSSR count). The molecule has 0 aromatic heterocycles. The van der Waals surface area contributed by atoms with Crippen LogP contribution in [0.2, 0.25) is 0 Å². The second-order valence-corrected chi connectivity index (χ2v) is 5.24. The van der Waals surface area contributed by atoms with Crippen molar-refractivity contribution in [1.29, 1.82) is 0 Å². The van der Waals surface area contributed by atoms with Crippen molar-refractivity contribution in [3.05, 3.63) is 35.9 Å². The lowest BCUT2D eigenvalue weighted by Gasteiger charge is -2.40. The molecule has 1 N–H and O–H groups in total. The zero-order valence-electron chi connectivity index (χ0n) is 12.4. The molecule has 0 aliphatic carbocycles. The molecular weight excluding hydrogens is 264 g/mol. The maximum Gasteiger partial charge on any atom is 0.251 e. The third kappa shape index (κ3) is 2.92. The molecule has 0 bridgehead atoms. The molecule has 0 radical (unpaired) electrons. The van der Waals surface area contributed by atoms with Crippen molar-refractivity contribution < 1.29 is 9.59 Å². The van der Waals surface area contributed by atoms with E-state index >= 15 is 0 Å². The van der Waals surface area contributed by atoms with E-state index in [4.69, 9.17) is 6.42 Å². The molecule has 4 nitrogen and oxygen atoms in total. The summed E-state index contributed by atoms with van der Waals surface area (Å²) in [5.74, 6) is 2.35. The topological polar surface area (TPSA) is 49.4 Å². The number of nitrogens with one attached hydrogen (secondary N) is 1. The van der Waals surface area contributed by atoms with Crippen LogP contribution < -0.4 is 5.32 Å². The predicted molar refractivity (Wildman–Crippen MR) is 81.2 cm³/mol. The normalized spacial score (nSPS) is 23.4. The first-order valence-corrected chi connectivity index (χ1v) is 7.23. The van der Waals surface area contributed by atoms with Crippen LogP contribution in [-0.2, 0) is 9.59 Å². The molecule has 1 aliphatic rings. The van der Waals surface area contributed by atoms with E-state index < -0.39 is 12.1 Å². The van der Waals surface area contributed by atoms with Gasteiger partial charge in [-0.25, -0.2) is 0 Å². The Balaban J connectivity index is 2.34. The van der Waals surface area contributed by atoms with Gasteiger partial charge in [0.15, 0.2) is 0 Å². The van der Waals surface area contributed by atoms with Crippen LogP contribution in [0.1, 0.15) is 38.3 Å². The lowest BCUT2D eigenvalue weighted by Crippen LogP contribution is -2.61. The average Bonchev–Trinajstić information content (AvgIpc) is 2.51. The lowest BCUT2D eigenvalue weighted by atomic mass is 9.98. The van der Waals surface area contributed by atoms with Gasteiger partial charge in [-0.2, -0.15) is 0 Å². The third-order valence-corrected chi connectivity index (χ3v) is 3.81. The van der Waals surface area contributed by atoms with Crippen LogP contribution >= 0.6 is 0 Å². The van der Waals surface area contributed by atoms with Crippen molar-refractivity contribution in [3.63, 3.8) is 0 Å². The fourth-order valence-corrected chi connectivity index (χ4v) is 2.66. The summed E-state index contributed by atoms with van der Waals surface area (Å²) in [6.45, 7) is 3.73. The van der Waals surface area contributed by atoms with E-state index in [1.807, 2.05) is 37.3 Å². The Labute approximate surface area is 125 Å². The van der Waals surface area contributed by atoms with Crippen molar-refractivity contribution in [3.8, 4) is 12.3 Å². The number of piperazine rings is 1. The molecular formula is C17H20N2O2. The molecule has 4 heteroatoms. The second kappa shape index (κ2) is 6.45. The van der Waals surface area contributed by atoms with Gasteiger partial charge in [-0.15, -0.1) is 6.42 Å². The number of rotatable bonds is 4. The predicted octanol–water partition coefficient (Wildman–Crippen LogP) is 1.88. The van der Waals surface area contributed by atoms with Crippen molar-refractivity contribution >= 4 is 11.8 Å². The van der Waals surface area contributed by atoms with Gasteiger partial charge in [0.25, 0.3) is 5.91 Å². The highest BCUT2D eigenvalue weighted by atomic mass is 16.2. The van der Waals surface area contributed by atoms with E-state index in [0.717, 1.165) is 12.0 Å². The summed E-state index contributed by atoms with van der Waals surface area (Å²) in [5.41, 5.74) is 0.778. The van der Waals surface area contributed by atoms with Crippen LogP contribution in [0.4, 0.5) is 0 Å². The van der Waals surface area contributed by atoms with Gasteiger partial charge in [0.2, 0.25) is 5.91 Å². The summed E-state index contributed by atoms with van der Waals surface area (Å²) in [4.78, 5) is 26.5. The smallest absolute Gasteiger partial charge is 0.251 e. The summed E-state index contributed by atoms with van der Waals surface area (Å²) < 4.78 is 0. The number of hydrogen-bond acceptors (Lipinski definition) is 2. The second-order valence-electron chi connectivity index (χ2n) is 5.24. The van der Waals surface area contributed by atoms with Gasteiger partial charge in [0.05, 0.1) is 6.04 Å². The van der Waals surface area contributed by atoms with E-state index in [1.54, 1.807) is 11.8 Å². The molecule has 1 aliphatic heterocycles. The van der Waals surface area contributed by atoms with Gasteiger partial charge in [0, 0.05) is 0 Å². The first kappa shape index (κ1) is 15.1. The summed E-state index contributed by atoms with van der Waals surface area (Å²) in [5, 5.41) is 2.78. The van der Waals surface area contributed by atoms with Gasteiger partial charge in [-0.1, -0.05) is 49.6 Å². The summed E-state index contributed by atoms with van der Waals surface area (Å²) in [6.07, 6.45) is 7.13. The van der Waals surface area contributed by atoms with Crippen LogP contribution in [0.15, 0.2) is 30.3 Å². The average molecular weight is 284 g/mol. The molecule has 3 unspecified atom stereocenters. The van der Waals surface area contributed by atoms with Crippen LogP contribution in [-0.4, -0.2) is 28.8 Å². The van der Waals surface area contributed by atoms with Crippen molar-refractivity contribution in [2.24, 2.45) is 0 Å². The number of amides is 2. The Bertz CT molecular complexity index is 562. The van der Waals surface area contributed by atoms with Gasteiger partial charge in [-0.3, -0.25) is 9.59 Å². The number of carbonyl (C=O) groups is 2. The summed E-state index contributed by atoms with van der Waals surface area (Å²) in [7, 11) is 0. The number of nitrogens with zero attached hydrogens (tertiary/aromatic N) is 1. The molecule has 2 amide bonds. The number of carbonyl (C=O) groups excluding carboxylic acids is 2. The zero-order valence-corrected chi connectivity index (χ0v) is 12.4. The van der Waals surface area contributed by atoms with E-state index in [0.29, 0.717) is 6.42 Å². The minimum absolute atomic E-state index is 0.135. The Morgan fingerprint density at radius 3 is 2.57 bits per heavy atom. The lowest BCUT2D eigenvalue weighted by molar-refractivity contribution is -0.150. The Morgan fingerprint density at radius 2 is 2.00 bits per heavy atom. The minimum atomic E-state index is -0.650. The highest BCUT2D eigenvalue weighted by Crippen LogP contribution is 2.25. The molecule has 21 heavy (non-hydrogen) atoms. The molecule has 1 aromatic carbocycles. The molecule has 0 spiro atoms. The van der Waals surface area contributed by atoms with E-state index in [2.05, 4.69) is 11.2 Å². The molecule has 0 saturated carbocycles. The number of benzene rings is 1. The zero-order chi connectivity index (χ0) is 15.4. The van der Waals surface area contributed by atoms with E-state index in [-0.39, 0.29) is 17.9 Å². The van der Waals surface area contributed by atoms with E-state index in [1.165, 1.54) is 0 Å². The first-order valence-electron chi connectivity index (χ1n) is 7.23. The summed E-state index contributed by atoms with van der Waals surface area (Å²) >= 11 is 0. The molecule has 1 saturated heterocycles. The van der Waals surface area contributed by atoms with Crippen molar-refractivity contribution in [2.45, 2.75) is 44.8 Å². The Kier molecular flexibility index (Phi) is 4.64. The maximum absolute atomic E-state index is 12.8. The number of hydrogen-bond donors (Lipinski definition) is 1. The molecule has 3 atom stereocenters. The fourth-order valence-electron chi connectivity index (χ4n) is 2.66. The minimum Gasteiger partial charge on any atom is -0.339 e. The van der Waals surface area contributed by atoms with Crippen molar-refractivity contribution in [1.82, 2.24) is 10.2 Å². The van der Waals surface area contributed by atoms with Crippen LogP contribution in [0.5, 0.6) is 0 Å². The first-order chi connectivity index (χ1) is 10.1. The SMILES string of the molecule is C#CC(CCC)N1C(=O)C(c2ccccc2)NC(=O)C1C. The summed E-state index contributed by atoms with van der Waals surface area (Å²) in [6, 6.07) is 7.72. The van der Waals surface area contributed by atoms with Crippen LogP contribution in [0, 0.1) is 12.3 Å². The van der Waals surface area contributed by atoms with Crippen molar-refractivity contribution in [2.75, 3.05) is 0 Å². The Morgan fingerprint density at radius 1 is 1.33 bits per heavy atom. The van der Waals surface area contributed by atoms with Gasteiger partial charge < -0.3 is 10.2 Å². The van der Waals surface area contributed by atoms with Gasteiger partial charge in [0.1, 0.15) is 12.1 Å². The highest BCUT2D eigenvalue weighted by molar-refractivity contribution is 5.97. The van der Waals surface area contributed by atoms with Gasteiger partial charge >= 0.3 is 0 Å². The third-order valence-electron chi connectivity index (χ3n) is 3.81. The van der Waals surface area contributed by atoms with E-state index in [9.17, 15) is 9.59 Å². The Hall–Kier alpha value is -2.28. The molecule has 110 valence electrons. The fraction of sp³-hybridized carbons (Fsp3) is 0.412. The van der Waals surface area contributed by atoms with Gasteiger partial charge in [-0.05, 0) is 18.9 Å². The molecule has 1 heterocycles. The standard InChI is InChI=1S/C17H20N2O2/c1-4-9-14(5-2)19-12(3)16(20)18-15(17(19)21)13-10-7-6-8-11-13/h2,6-8,10-12,14-15H,4,9H2,1,3H3,(H,18,20). The molecule has 1 aromatic rings. The van der Waals surface area contributed by atoms with Crippen LogP contribution in [0.3, 0.4) is 0 Å². The quantitative estimate of drug-likeness (QED) is 0.858. The molecule has 1 fully saturated rings. The largest absolute Gasteiger partial charge is 0.339 e. The maximum atomic E-state index is 12.8. The highest BCUT2D eigenvalue weighted by Gasteiger charge is 2.41.